The van der Waals surface area contributed by atoms with E-state index in [1.165, 1.54) is 43.2 Å². The molecule has 0 bridgehead atoms. The number of anilines is 1. The molecule has 2 aliphatic rings. The van der Waals surface area contributed by atoms with Crippen LogP contribution in [0.25, 0.3) is 0 Å². The molecule has 0 atom stereocenters. The standard InChI is InChI=1S/C20H33ClOSi.C12H24O2Si.C7H8ClN/c1-15-13-17(9-12-19(15)21)14-16-7-10-18(11-8-16)22-23(5,6)20(2,3)4;1-12(2,3)15(4,5)14-11-8-6-10(13)7-9-11;1-5-4-6(9)2-3-7(5)8/h9,12-13,16,18H,7-8,10-11,14H2,1-6H3;11H,6-9H2,1-5H3;2-4H,9H2,1H3. The molecule has 0 unspecified atom stereocenters. The number of nitrogen functional groups attached to an aromatic ring is 1. The second-order valence-electron chi connectivity index (χ2n) is 16.9. The van der Waals surface area contributed by atoms with Crippen LogP contribution in [-0.2, 0) is 20.1 Å². The molecule has 4 nitrogen and oxygen atoms in total. The smallest absolute Gasteiger partial charge is 0.192 e. The van der Waals surface area contributed by atoms with E-state index in [-0.39, 0.29) is 5.04 Å². The Morgan fingerprint density at radius 1 is 0.702 bits per heavy atom. The summed E-state index contributed by atoms with van der Waals surface area (Å²) in [5.74, 6) is 1.21. The summed E-state index contributed by atoms with van der Waals surface area (Å²) < 4.78 is 12.9. The van der Waals surface area contributed by atoms with Crippen molar-refractivity contribution in [1.29, 1.82) is 0 Å². The van der Waals surface area contributed by atoms with Crippen LogP contribution in [0.4, 0.5) is 5.69 Å². The van der Waals surface area contributed by atoms with Crippen LogP contribution in [0.2, 0.25) is 46.3 Å². The summed E-state index contributed by atoms with van der Waals surface area (Å²) in [6, 6.07) is 11.9. The molecule has 47 heavy (non-hydrogen) atoms. The molecule has 8 heteroatoms. The number of benzene rings is 2. The highest BCUT2D eigenvalue weighted by Crippen LogP contribution is 2.41. The molecular weight excluding hydrogens is 658 g/mol. The van der Waals surface area contributed by atoms with E-state index in [0.717, 1.165) is 52.9 Å². The van der Waals surface area contributed by atoms with E-state index in [1.807, 2.05) is 19.1 Å². The summed E-state index contributed by atoms with van der Waals surface area (Å²) in [6.07, 6.45) is 10.4. The molecule has 2 saturated carbocycles. The minimum Gasteiger partial charge on any atom is -0.414 e. The van der Waals surface area contributed by atoms with Gasteiger partial charge in [0.05, 0.1) is 0 Å². The molecule has 0 amide bonds. The van der Waals surface area contributed by atoms with Crippen molar-refractivity contribution in [3.63, 3.8) is 0 Å². The van der Waals surface area contributed by atoms with Gasteiger partial charge in [-0.25, -0.2) is 0 Å². The Hall–Kier alpha value is -1.16. The van der Waals surface area contributed by atoms with Crippen LogP contribution in [-0.4, -0.2) is 34.6 Å². The molecule has 2 aliphatic carbocycles. The first kappa shape index (κ1) is 42.0. The molecule has 2 N–H and O–H groups in total. The van der Waals surface area contributed by atoms with E-state index >= 15 is 0 Å². The number of halogens is 2. The number of ketones is 1. The van der Waals surface area contributed by atoms with Gasteiger partial charge in [-0.2, -0.15) is 0 Å². The number of rotatable bonds is 6. The molecule has 0 heterocycles. The fourth-order valence-electron chi connectivity index (χ4n) is 5.51. The summed E-state index contributed by atoms with van der Waals surface area (Å²) >= 11 is 11.9. The Balaban J connectivity index is 0.000000273. The Bertz CT molecular complexity index is 1280. The largest absolute Gasteiger partial charge is 0.414 e. The number of Topliss-reactive ketones (excluding diaryl/α,β-unsaturated/α-hetero) is 1. The monoisotopic (exact) mass is 721 g/mol. The first-order valence-electron chi connectivity index (χ1n) is 17.6. The highest BCUT2D eigenvalue weighted by Gasteiger charge is 2.40. The Morgan fingerprint density at radius 3 is 1.53 bits per heavy atom. The number of hydrogen-bond donors (Lipinski definition) is 1. The third-order valence-corrected chi connectivity index (χ3v) is 20.7. The number of carbonyl (C=O) groups excluding carboxylic acids is 1. The van der Waals surface area contributed by atoms with Crippen molar-refractivity contribution in [2.45, 2.75) is 162 Å². The Kier molecular flexibility index (Phi) is 15.8. The number of hydrogen-bond acceptors (Lipinski definition) is 4. The quantitative estimate of drug-likeness (QED) is 0.238. The van der Waals surface area contributed by atoms with Crippen LogP contribution in [0.15, 0.2) is 36.4 Å². The molecule has 0 radical (unpaired) electrons. The van der Waals surface area contributed by atoms with E-state index in [1.54, 1.807) is 12.1 Å². The third-order valence-electron chi connectivity index (χ3n) is 10.7. The number of nitrogens with two attached hydrogens (primary N) is 1. The topological polar surface area (TPSA) is 61.5 Å². The predicted octanol–water partition coefficient (Wildman–Crippen LogP) is 12.5. The van der Waals surface area contributed by atoms with Gasteiger partial charge >= 0.3 is 0 Å². The molecule has 2 fully saturated rings. The van der Waals surface area contributed by atoms with E-state index in [0.29, 0.717) is 23.0 Å². The molecule has 0 aliphatic heterocycles. The van der Waals surface area contributed by atoms with Crippen molar-refractivity contribution in [1.82, 2.24) is 0 Å². The van der Waals surface area contributed by atoms with Crippen molar-refractivity contribution in [2.24, 2.45) is 5.92 Å². The van der Waals surface area contributed by atoms with Crippen molar-refractivity contribution in [3.8, 4) is 0 Å². The zero-order chi connectivity index (χ0) is 35.8. The van der Waals surface area contributed by atoms with Crippen molar-refractivity contribution in [3.05, 3.63) is 63.1 Å². The minimum absolute atomic E-state index is 0.272. The average Bonchev–Trinajstić information content (AvgIpc) is 2.94. The fraction of sp³-hybridized carbons (Fsp3) is 0.667. The highest BCUT2D eigenvalue weighted by molar-refractivity contribution is 6.74. The molecule has 0 saturated heterocycles. The van der Waals surface area contributed by atoms with E-state index in [4.69, 9.17) is 37.8 Å². The lowest BCUT2D eigenvalue weighted by Gasteiger charge is -2.41. The second kappa shape index (κ2) is 17.7. The molecule has 0 spiro atoms. The van der Waals surface area contributed by atoms with Crippen LogP contribution in [0.1, 0.15) is 110 Å². The van der Waals surface area contributed by atoms with Crippen LogP contribution in [0.5, 0.6) is 0 Å². The van der Waals surface area contributed by atoms with E-state index < -0.39 is 16.6 Å². The lowest BCUT2D eigenvalue weighted by Crippen LogP contribution is -2.44. The van der Waals surface area contributed by atoms with E-state index in [2.05, 4.69) is 86.8 Å². The van der Waals surface area contributed by atoms with Gasteiger partial charge in [0.25, 0.3) is 0 Å². The Morgan fingerprint density at radius 2 is 1.13 bits per heavy atom. The maximum absolute atomic E-state index is 11.1. The van der Waals surface area contributed by atoms with Gasteiger partial charge < -0.3 is 14.6 Å². The molecule has 4 rings (SSSR count). The molecular formula is C39H65Cl2NO3Si2. The van der Waals surface area contributed by atoms with Gasteiger partial charge in [-0.05, 0) is 142 Å². The van der Waals surface area contributed by atoms with Crippen LogP contribution in [0, 0.1) is 19.8 Å². The van der Waals surface area contributed by atoms with E-state index in [9.17, 15) is 4.79 Å². The second-order valence-corrected chi connectivity index (χ2v) is 27.3. The predicted molar refractivity (Wildman–Crippen MR) is 210 cm³/mol. The van der Waals surface area contributed by atoms with Crippen molar-refractivity contribution < 1.29 is 13.6 Å². The maximum atomic E-state index is 11.1. The van der Waals surface area contributed by atoms with Gasteiger partial charge in [0.15, 0.2) is 16.6 Å². The molecule has 266 valence electrons. The van der Waals surface area contributed by atoms with Gasteiger partial charge in [-0.15, -0.1) is 0 Å². The summed E-state index contributed by atoms with van der Waals surface area (Å²) in [7, 11) is -3.24. The Labute approximate surface area is 300 Å². The fourth-order valence-corrected chi connectivity index (χ4v) is 8.59. The summed E-state index contributed by atoms with van der Waals surface area (Å²) in [5, 5.41) is 2.23. The summed E-state index contributed by atoms with van der Waals surface area (Å²) in [6.45, 7) is 27.1. The van der Waals surface area contributed by atoms with Crippen molar-refractivity contribution in [2.75, 3.05) is 5.73 Å². The lowest BCUT2D eigenvalue weighted by atomic mass is 9.83. The first-order chi connectivity index (χ1) is 21.5. The number of carbonyl (C=O) groups is 1. The lowest BCUT2D eigenvalue weighted by molar-refractivity contribution is -0.121. The zero-order valence-corrected chi connectivity index (χ0v) is 35.1. The molecule has 0 aromatic heterocycles. The molecule has 2 aromatic rings. The summed E-state index contributed by atoms with van der Waals surface area (Å²) in [4.78, 5) is 11.1. The normalized spacial score (nSPS) is 19.7. The molecule has 2 aromatic carbocycles. The van der Waals surface area contributed by atoms with Gasteiger partial charge in [0.1, 0.15) is 5.78 Å². The van der Waals surface area contributed by atoms with Crippen LogP contribution >= 0.6 is 23.2 Å². The number of aryl methyl sites for hydroxylation is 2. The highest BCUT2D eigenvalue weighted by atomic mass is 35.5. The van der Waals surface area contributed by atoms with Crippen LogP contribution < -0.4 is 5.73 Å². The first-order valence-corrected chi connectivity index (χ1v) is 24.2. The van der Waals surface area contributed by atoms with Gasteiger partial charge in [-0.1, -0.05) is 76.9 Å². The SMILES string of the molecule is CC(C)(C)[Si](C)(C)OC1CCC(=O)CC1.Cc1cc(CC2CCC(O[Si](C)(C)C(C)(C)C)CC2)ccc1Cl.Cc1cc(N)ccc1Cl. The van der Waals surface area contributed by atoms with Crippen LogP contribution in [0.3, 0.4) is 0 Å². The van der Waals surface area contributed by atoms with Gasteiger partial charge in [0, 0.05) is 40.8 Å². The van der Waals surface area contributed by atoms with Crippen molar-refractivity contribution >= 4 is 51.3 Å². The average molecular weight is 723 g/mol. The maximum Gasteiger partial charge on any atom is 0.192 e. The minimum atomic E-state index is -1.63. The van der Waals surface area contributed by atoms with Gasteiger partial charge in [0.2, 0.25) is 0 Å². The zero-order valence-electron chi connectivity index (χ0n) is 31.6. The summed E-state index contributed by atoms with van der Waals surface area (Å²) in [5.41, 5.74) is 9.88. The van der Waals surface area contributed by atoms with Gasteiger partial charge in [-0.3, -0.25) is 4.79 Å². The third kappa shape index (κ3) is 13.9.